The highest BCUT2D eigenvalue weighted by Crippen LogP contribution is 2.46. The number of rotatable bonds is 3. The normalized spacial score (nSPS) is 29.3. The summed E-state index contributed by atoms with van der Waals surface area (Å²) < 4.78 is 1.09. The van der Waals surface area contributed by atoms with E-state index in [1.54, 1.807) is 11.3 Å². The van der Waals surface area contributed by atoms with E-state index in [0.717, 1.165) is 33.7 Å². The van der Waals surface area contributed by atoms with Crippen LogP contribution in [0.15, 0.2) is 23.7 Å². The van der Waals surface area contributed by atoms with Crippen LogP contribution in [0.5, 0.6) is 0 Å². The Morgan fingerprint density at radius 3 is 2.42 bits per heavy atom. The number of hydrogen-bond acceptors (Lipinski definition) is 4. The number of hydrogen-bond donors (Lipinski definition) is 0. The van der Waals surface area contributed by atoms with Gasteiger partial charge in [0.25, 0.3) is 5.91 Å². The van der Waals surface area contributed by atoms with E-state index in [2.05, 4.69) is 24.0 Å². The molecule has 24 heavy (non-hydrogen) atoms. The van der Waals surface area contributed by atoms with E-state index in [0.29, 0.717) is 6.04 Å². The second-order valence-electron chi connectivity index (χ2n) is 7.69. The molecule has 2 fully saturated rings. The summed E-state index contributed by atoms with van der Waals surface area (Å²) >= 11 is 1.59. The standard InChI is InChI=1S/C19H25N3OS/c1-21(2)15-6-13-8-16(9-14(13)7-15)22(3)19(23)12-4-5-17-18(10-12)24-11-20-17/h4-5,10-11,13-16H,6-9H2,1-3H3/t13-,14+,15?,16?. The molecule has 1 aromatic heterocycles. The first kappa shape index (κ1) is 16.0. The first-order chi connectivity index (χ1) is 11.5. The van der Waals surface area contributed by atoms with Gasteiger partial charge in [0.2, 0.25) is 0 Å². The van der Waals surface area contributed by atoms with Gasteiger partial charge in [0.05, 0.1) is 15.7 Å². The number of carbonyl (C=O) groups is 1. The molecular weight excluding hydrogens is 318 g/mol. The highest BCUT2D eigenvalue weighted by Gasteiger charge is 2.44. The molecule has 4 atom stereocenters. The number of aromatic nitrogens is 1. The van der Waals surface area contributed by atoms with Gasteiger partial charge in [-0.1, -0.05) is 0 Å². The molecule has 0 radical (unpaired) electrons. The first-order valence-corrected chi connectivity index (χ1v) is 9.67. The number of nitrogens with zero attached hydrogens (tertiary/aromatic N) is 3. The third kappa shape index (κ3) is 2.74. The van der Waals surface area contributed by atoms with Crippen LogP contribution in [0.2, 0.25) is 0 Å². The Bertz CT molecular complexity index is 742. The van der Waals surface area contributed by atoms with Gasteiger partial charge in [-0.2, -0.15) is 0 Å². The van der Waals surface area contributed by atoms with Crippen LogP contribution in [-0.4, -0.2) is 53.9 Å². The maximum atomic E-state index is 12.9. The van der Waals surface area contributed by atoms with Crippen LogP contribution in [0, 0.1) is 11.8 Å². The molecule has 128 valence electrons. The second-order valence-corrected chi connectivity index (χ2v) is 8.57. The van der Waals surface area contributed by atoms with E-state index >= 15 is 0 Å². The van der Waals surface area contributed by atoms with E-state index < -0.39 is 0 Å². The van der Waals surface area contributed by atoms with Crippen molar-refractivity contribution in [2.45, 2.75) is 37.8 Å². The van der Waals surface area contributed by atoms with Crippen LogP contribution in [0.25, 0.3) is 10.2 Å². The molecule has 2 aliphatic rings. The molecule has 0 spiro atoms. The quantitative estimate of drug-likeness (QED) is 0.856. The van der Waals surface area contributed by atoms with Gasteiger partial charge in [0, 0.05) is 24.7 Å². The van der Waals surface area contributed by atoms with E-state index in [-0.39, 0.29) is 5.91 Å². The maximum Gasteiger partial charge on any atom is 0.253 e. The fourth-order valence-electron chi connectivity index (χ4n) is 4.65. The number of thiazole rings is 1. The van der Waals surface area contributed by atoms with E-state index in [4.69, 9.17) is 0 Å². The topological polar surface area (TPSA) is 36.4 Å². The fourth-order valence-corrected chi connectivity index (χ4v) is 5.36. The SMILES string of the molecule is CN(C)C1C[C@@H]2CC(N(C)C(=O)c3ccc4ncsc4c3)C[C@@H]2C1. The highest BCUT2D eigenvalue weighted by atomic mass is 32.1. The minimum absolute atomic E-state index is 0.152. The Hall–Kier alpha value is -1.46. The lowest BCUT2D eigenvalue weighted by Gasteiger charge is -2.27. The Labute approximate surface area is 147 Å². The summed E-state index contributed by atoms with van der Waals surface area (Å²) in [5.41, 5.74) is 3.60. The molecule has 2 saturated carbocycles. The number of amides is 1. The fraction of sp³-hybridized carbons (Fsp3) is 0.579. The van der Waals surface area contributed by atoms with E-state index in [9.17, 15) is 4.79 Å². The Morgan fingerprint density at radius 2 is 1.75 bits per heavy atom. The largest absolute Gasteiger partial charge is 0.339 e. The molecule has 2 aliphatic carbocycles. The average Bonchev–Trinajstić information content (AvgIpc) is 3.25. The minimum Gasteiger partial charge on any atom is -0.339 e. The second kappa shape index (κ2) is 6.12. The summed E-state index contributed by atoms with van der Waals surface area (Å²) in [5.74, 6) is 1.74. The zero-order valence-electron chi connectivity index (χ0n) is 14.6. The zero-order valence-corrected chi connectivity index (χ0v) is 15.4. The summed E-state index contributed by atoms with van der Waals surface area (Å²) in [6.45, 7) is 0. The van der Waals surface area contributed by atoms with Gasteiger partial charge < -0.3 is 9.80 Å². The Morgan fingerprint density at radius 1 is 1.08 bits per heavy atom. The number of fused-ring (bicyclic) bond motifs is 2. The predicted molar refractivity (Wildman–Crippen MR) is 98.4 cm³/mol. The molecule has 4 nitrogen and oxygen atoms in total. The summed E-state index contributed by atoms with van der Waals surface area (Å²) in [7, 11) is 6.36. The molecular formula is C19H25N3OS. The molecule has 4 rings (SSSR count). The maximum absolute atomic E-state index is 12.9. The van der Waals surface area contributed by atoms with Gasteiger partial charge in [-0.3, -0.25) is 4.79 Å². The molecule has 0 aliphatic heterocycles. The lowest BCUT2D eigenvalue weighted by atomic mass is 10.0. The van der Waals surface area contributed by atoms with Crippen LogP contribution >= 0.6 is 11.3 Å². The van der Waals surface area contributed by atoms with Crippen molar-refractivity contribution in [1.82, 2.24) is 14.8 Å². The lowest BCUT2D eigenvalue weighted by Crippen LogP contribution is -2.36. The minimum atomic E-state index is 0.152. The van der Waals surface area contributed by atoms with Crippen molar-refractivity contribution in [1.29, 1.82) is 0 Å². The highest BCUT2D eigenvalue weighted by molar-refractivity contribution is 7.16. The zero-order chi connectivity index (χ0) is 16.8. The number of carbonyl (C=O) groups excluding carboxylic acids is 1. The Balaban J connectivity index is 1.45. The van der Waals surface area contributed by atoms with Gasteiger partial charge in [0.15, 0.2) is 0 Å². The van der Waals surface area contributed by atoms with E-state index in [1.807, 2.05) is 35.7 Å². The summed E-state index contributed by atoms with van der Waals surface area (Å²) in [6.07, 6.45) is 4.92. The summed E-state index contributed by atoms with van der Waals surface area (Å²) in [5, 5.41) is 0. The third-order valence-corrected chi connectivity index (χ3v) is 6.93. The van der Waals surface area contributed by atoms with Crippen molar-refractivity contribution in [3.05, 3.63) is 29.3 Å². The Kier molecular flexibility index (Phi) is 4.09. The lowest BCUT2D eigenvalue weighted by molar-refractivity contribution is 0.0726. The van der Waals surface area contributed by atoms with Crippen LogP contribution in [0.1, 0.15) is 36.0 Å². The molecule has 0 saturated heterocycles. The molecule has 1 heterocycles. The van der Waals surface area contributed by atoms with E-state index in [1.165, 1.54) is 25.7 Å². The van der Waals surface area contributed by atoms with Crippen molar-refractivity contribution in [3.63, 3.8) is 0 Å². The predicted octanol–water partition coefficient (Wildman–Crippen LogP) is 3.49. The third-order valence-electron chi connectivity index (χ3n) is 6.14. The molecule has 2 aromatic rings. The van der Waals surface area contributed by atoms with Crippen LogP contribution < -0.4 is 0 Å². The first-order valence-electron chi connectivity index (χ1n) is 8.79. The molecule has 0 N–H and O–H groups in total. The van der Waals surface area contributed by atoms with Gasteiger partial charge in [-0.15, -0.1) is 11.3 Å². The van der Waals surface area contributed by atoms with Crippen molar-refractivity contribution in [2.24, 2.45) is 11.8 Å². The van der Waals surface area contributed by atoms with Crippen molar-refractivity contribution in [3.8, 4) is 0 Å². The smallest absolute Gasteiger partial charge is 0.253 e. The molecule has 0 bridgehead atoms. The van der Waals surface area contributed by atoms with Gasteiger partial charge >= 0.3 is 0 Å². The molecule has 2 unspecified atom stereocenters. The van der Waals surface area contributed by atoms with Crippen molar-refractivity contribution >= 4 is 27.5 Å². The average molecular weight is 343 g/mol. The van der Waals surface area contributed by atoms with Gasteiger partial charge in [0.1, 0.15) is 0 Å². The number of benzene rings is 1. The van der Waals surface area contributed by atoms with Crippen LogP contribution in [-0.2, 0) is 0 Å². The van der Waals surface area contributed by atoms with Crippen molar-refractivity contribution in [2.75, 3.05) is 21.1 Å². The molecule has 5 heteroatoms. The molecule has 1 aromatic carbocycles. The summed E-state index contributed by atoms with van der Waals surface area (Å²) in [6, 6.07) is 6.99. The van der Waals surface area contributed by atoms with Gasteiger partial charge in [-0.25, -0.2) is 4.98 Å². The van der Waals surface area contributed by atoms with Crippen molar-refractivity contribution < 1.29 is 4.79 Å². The molecule has 1 amide bonds. The summed E-state index contributed by atoms with van der Waals surface area (Å²) in [4.78, 5) is 21.5. The monoisotopic (exact) mass is 343 g/mol. The van der Waals surface area contributed by atoms with Gasteiger partial charge in [-0.05, 0) is 69.8 Å². The van der Waals surface area contributed by atoms with Crippen LogP contribution in [0.4, 0.5) is 0 Å². The van der Waals surface area contributed by atoms with Crippen LogP contribution in [0.3, 0.4) is 0 Å².